The van der Waals surface area contributed by atoms with Crippen LogP contribution in [-0.2, 0) is 76.0 Å². The van der Waals surface area contributed by atoms with Crippen LogP contribution in [-0.4, -0.2) is 196 Å². The van der Waals surface area contributed by atoms with Gasteiger partial charge in [-0.05, 0) is 123 Å². The minimum Gasteiger partial charge on any atom is -0.511 e. The third-order valence-electron chi connectivity index (χ3n) is 22.3. The van der Waals surface area contributed by atoms with E-state index in [4.69, 9.17) is 61.6 Å². The van der Waals surface area contributed by atoms with Gasteiger partial charge in [0.25, 0.3) is 0 Å². The second-order valence-electron chi connectivity index (χ2n) is 29.5. The number of nitro groups is 1. The zero-order chi connectivity index (χ0) is 68.5. The van der Waals surface area contributed by atoms with Crippen LogP contribution >= 0.6 is 0 Å². The van der Waals surface area contributed by atoms with Crippen molar-refractivity contribution in [3.63, 3.8) is 0 Å². The van der Waals surface area contributed by atoms with Crippen molar-refractivity contribution >= 4 is 24.1 Å². The number of aliphatic hydroxyl groups is 4. The molecule has 0 radical (unpaired) electrons. The second kappa shape index (κ2) is 28.0. The van der Waals surface area contributed by atoms with E-state index in [1.165, 1.54) is 27.0 Å². The van der Waals surface area contributed by atoms with E-state index in [0.717, 1.165) is 5.57 Å². The number of alkyl carbamates (subject to hydrolysis) is 1. The van der Waals surface area contributed by atoms with Crippen LogP contribution in [0.25, 0.3) is 0 Å². The van der Waals surface area contributed by atoms with E-state index in [9.17, 15) is 44.9 Å². The van der Waals surface area contributed by atoms with Crippen molar-refractivity contribution in [2.45, 2.75) is 294 Å². The number of ketones is 1. The highest BCUT2D eigenvalue weighted by molar-refractivity contribution is 6.06. The van der Waals surface area contributed by atoms with Crippen LogP contribution in [0.2, 0.25) is 0 Å². The number of amides is 1. The summed E-state index contributed by atoms with van der Waals surface area (Å²) in [5.41, 5.74) is -3.34. The molecule has 25 heteroatoms. The molecule has 1 spiro atoms. The van der Waals surface area contributed by atoms with Gasteiger partial charge in [0.1, 0.15) is 35.9 Å². The van der Waals surface area contributed by atoms with E-state index >= 15 is 4.79 Å². The van der Waals surface area contributed by atoms with E-state index in [2.05, 4.69) is 31.3 Å². The maximum Gasteiger partial charge on any atom is 0.407 e. The molecule has 25 nitrogen and oxygen atoms in total. The SMILES string of the molecule is COC(=O)N[C@H]1[C@@H](C)O[C@@](C)(O[C@H]2C/C=C(\C)[C@@H]3C=C[C@@H]4[C@@H](O[C@@]5(C)CC(O[C@H]6CCC(O[C@H]7C[C@@H](O)C(O[C@H]8CC[C@@H](O)[C@H](C)O8)[C@H](C)O7)[C@H](C)O6)[C@@H](OC(C)=O)[C@H](C)O5)[C@@H](C)C[C@H](C)[C@H]4[C@]3(C)C(O)=C3COC4(CC(C=O)=C[C@H](O)[C@H]4/C=C/2C)C3=O)C[C@]1(C)[N+](=O)[O-]. The summed E-state index contributed by atoms with van der Waals surface area (Å²) in [5, 5.41) is 62.5. The van der Waals surface area contributed by atoms with Crippen molar-refractivity contribution < 1.29 is 106 Å². The van der Waals surface area contributed by atoms with Gasteiger partial charge in [0.2, 0.25) is 5.54 Å². The van der Waals surface area contributed by atoms with Crippen molar-refractivity contribution in [3.8, 4) is 0 Å². The van der Waals surface area contributed by atoms with Gasteiger partial charge in [0, 0.05) is 74.0 Å². The van der Waals surface area contributed by atoms with Crippen LogP contribution in [0.5, 0.6) is 0 Å². The van der Waals surface area contributed by atoms with Crippen LogP contribution in [0, 0.1) is 51.0 Å². The molecule has 1 saturated carbocycles. The van der Waals surface area contributed by atoms with E-state index in [-0.39, 0.29) is 67.5 Å². The summed E-state index contributed by atoms with van der Waals surface area (Å²) in [6, 6.07) is -1.11. The van der Waals surface area contributed by atoms with E-state index in [1.54, 1.807) is 33.8 Å². The monoisotopic (exact) mass is 1330 g/mol. The summed E-state index contributed by atoms with van der Waals surface area (Å²) in [5.74, 6) is -6.84. The lowest BCUT2D eigenvalue weighted by Crippen LogP contribution is -2.68. The number of aldehydes is 1. The fourth-order valence-electron chi connectivity index (χ4n) is 17.9. The Bertz CT molecular complexity index is 2980. The number of hydrogen-bond acceptors (Lipinski definition) is 23. The number of esters is 1. The molecule has 94 heavy (non-hydrogen) atoms. The number of rotatable bonds is 14. The molecule has 29 atom stereocenters. The quantitative estimate of drug-likeness (QED) is 0.0367. The second-order valence-corrected chi connectivity index (χ2v) is 29.5. The van der Waals surface area contributed by atoms with Gasteiger partial charge in [-0.25, -0.2) is 4.79 Å². The molecular weight excluding hydrogens is 1220 g/mol. The Hall–Kier alpha value is -4.58. The van der Waals surface area contributed by atoms with E-state index in [1.807, 2.05) is 47.6 Å². The average molecular weight is 1330 g/mol. The number of carbonyl (C=O) groups excluding carboxylic acids is 4. The first kappa shape index (κ1) is 72.2. The predicted molar refractivity (Wildman–Crippen MR) is 334 cm³/mol. The lowest BCUT2D eigenvalue weighted by molar-refractivity contribution is -0.589. The van der Waals surface area contributed by atoms with Crippen molar-refractivity contribution in [2.24, 2.45) is 40.9 Å². The van der Waals surface area contributed by atoms with Gasteiger partial charge in [-0.3, -0.25) is 24.5 Å². The fraction of sp³-hybridized carbons (Fsp3) is 0.797. The van der Waals surface area contributed by atoms with Gasteiger partial charge < -0.3 is 87.3 Å². The van der Waals surface area contributed by atoms with Crippen LogP contribution in [0.3, 0.4) is 0 Å². The molecule has 4 aliphatic carbocycles. The van der Waals surface area contributed by atoms with Crippen LogP contribution < -0.4 is 5.32 Å². The normalized spacial score (nSPS) is 48.7. The molecule has 10 rings (SSSR count). The van der Waals surface area contributed by atoms with E-state index < -0.39 is 185 Å². The molecule has 1 amide bonds. The molecule has 0 aromatic heterocycles. The highest BCUT2D eigenvalue weighted by atomic mass is 16.8. The number of Topliss-reactive ketones (excluding diaryl/α,β-unsaturated/α-hetero) is 1. The van der Waals surface area contributed by atoms with Crippen LogP contribution in [0.1, 0.15) is 161 Å². The zero-order valence-electron chi connectivity index (χ0n) is 57.1. The number of aliphatic hydroxyl groups excluding tert-OH is 4. The molecule has 6 heterocycles. The molecule has 2 bridgehead atoms. The molecule has 4 unspecified atom stereocenters. The number of nitrogens with zero attached hydrogens (tertiary/aromatic N) is 1. The van der Waals surface area contributed by atoms with Crippen molar-refractivity contribution in [2.75, 3.05) is 13.7 Å². The standard InChI is InChI=1S/C69H102N2O23/c1-33-16-20-51(93-67(13)32-65(11,71(80)81)61(41(9)92-67)70-64(79)82-15)34(2)25-47-49(75)26-43(30-72)28-69(47)63(78)45(31-83-69)62(77)68(14)46(33)18-17-44-57(68)35(3)24-36(4)58(44)94-66(12)29-53(60(40(8)91-66)87-42(10)73)89-54-23-21-52(38(6)85-54)88-56-27-50(76)59(39(7)86-56)90-55-22-19-48(74)37(5)84-55/h16-18,25-26,30,35-41,44,46-61,74-77H,19-24,27-29,31-32H2,1-15H3,(H,70,79)/b33-16+,34-25+,62-45?/t35-,36-,37-,38-,39-,40-,41+,44-,46-,47+,48+,49-,50+,51-,52?,53?,54-,55-,56-,57+,58-,59?,60-,61-,65-,66-,67-,68+,69?/m0/s1. The molecule has 10 aliphatic rings. The van der Waals surface area contributed by atoms with Gasteiger partial charge in [0.15, 0.2) is 42.3 Å². The topological polar surface area (TPSA) is 324 Å². The van der Waals surface area contributed by atoms with Crippen molar-refractivity contribution in [1.82, 2.24) is 5.32 Å². The highest BCUT2D eigenvalue weighted by Gasteiger charge is 2.64. The lowest BCUT2D eigenvalue weighted by Gasteiger charge is -2.58. The smallest absolute Gasteiger partial charge is 0.407 e. The van der Waals surface area contributed by atoms with Gasteiger partial charge in [0.05, 0.1) is 92.9 Å². The number of carbonyl (C=O) groups is 4. The number of methoxy groups -OCH3 is 1. The minimum atomic E-state index is -1.84. The number of ether oxygens (including phenoxy) is 13. The molecule has 0 aromatic carbocycles. The highest BCUT2D eigenvalue weighted by Crippen LogP contribution is 2.61. The molecule has 526 valence electrons. The molecule has 7 fully saturated rings. The molecule has 5 N–H and O–H groups in total. The lowest BCUT2D eigenvalue weighted by atomic mass is 9.49. The van der Waals surface area contributed by atoms with Crippen LogP contribution in [0.15, 0.2) is 58.4 Å². The first-order valence-electron chi connectivity index (χ1n) is 33.8. The van der Waals surface area contributed by atoms with Gasteiger partial charge in [-0.1, -0.05) is 50.6 Å². The van der Waals surface area contributed by atoms with Gasteiger partial charge in [-0.15, -0.1) is 0 Å². The number of allylic oxidation sites excluding steroid dienone is 3. The molecule has 6 saturated heterocycles. The van der Waals surface area contributed by atoms with Gasteiger partial charge >= 0.3 is 12.1 Å². The molecule has 6 aliphatic heterocycles. The van der Waals surface area contributed by atoms with Crippen molar-refractivity contribution in [3.05, 3.63) is 68.5 Å². The minimum absolute atomic E-state index is 0.0365. The third-order valence-corrected chi connectivity index (χ3v) is 22.3. The van der Waals surface area contributed by atoms with Gasteiger partial charge in [-0.2, -0.15) is 0 Å². The fourth-order valence-corrected chi connectivity index (χ4v) is 17.9. The summed E-state index contributed by atoms with van der Waals surface area (Å²) < 4.78 is 83.3. The summed E-state index contributed by atoms with van der Waals surface area (Å²) in [4.78, 5) is 66.2. The first-order chi connectivity index (χ1) is 44.2. The van der Waals surface area contributed by atoms with Crippen molar-refractivity contribution in [1.29, 1.82) is 0 Å². The zero-order valence-corrected chi connectivity index (χ0v) is 57.1. The Morgan fingerprint density at radius 3 is 2.09 bits per heavy atom. The number of fused-ring (bicyclic) bond motifs is 4. The summed E-state index contributed by atoms with van der Waals surface area (Å²) in [6.07, 6.45) is -0.577. The van der Waals surface area contributed by atoms with Crippen LogP contribution in [0.4, 0.5) is 4.79 Å². The largest absolute Gasteiger partial charge is 0.511 e. The maximum atomic E-state index is 15.7. The summed E-state index contributed by atoms with van der Waals surface area (Å²) in [7, 11) is 1.17. The maximum absolute atomic E-state index is 15.7. The van der Waals surface area contributed by atoms with E-state index in [0.29, 0.717) is 44.0 Å². The molecule has 0 aromatic rings. The molecular formula is C69H102N2O23. The summed E-state index contributed by atoms with van der Waals surface area (Å²) >= 11 is 0. The third kappa shape index (κ3) is 14.1. The Kier molecular flexibility index (Phi) is 21.5. The first-order valence-corrected chi connectivity index (χ1v) is 33.8. The predicted octanol–water partition coefficient (Wildman–Crippen LogP) is 7.61. The Morgan fingerprint density at radius 1 is 0.755 bits per heavy atom. The number of nitrogens with one attached hydrogen (secondary N) is 1. The number of hydrogen-bond donors (Lipinski definition) is 5. The summed E-state index contributed by atoms with van der Waals surface area (Å²) in [6.45, 7) is 24.8. The Labute approximate surface area is 551 Å². The Balaban J connectivity index is 0.913. The average Bonchev–Trinajstić information content (AvgIpc) is 1.31. The Morgan fingerprint density at radius 2 is 1.43 bits per heavy atom.